The quantitative estimate of drug-likeness (QED) is 0.344. The second-order valence-electron chi connectivity index (χ2n) is 8.57. The highest BCUT2D eigenvalue weighted by Gasteiger charge is 2.28. The largest absolute Gasteiger partial charge is 0.344 e. The van der Waals surface area contributed by atoms with Crippen LogP contribution in [0.3, 0.4) is 0 Å². The van der Waals surface area contributed by atoms with Crippen LogP contribution in [0.5, 0.6) is 0 Å². The van der Waals surface area contributed by atoms with E-state index < -0.39 is 34.3 Å². The molecule has 4 rings (SSSR count). The van der Waals surface area contributed by atoms with Crippen LogP contribution < -0.4 is 9.62 Å². The summed E-state index contributed by atoms with van der Waals surface area (Å²) in [5.74, 6) is -1.02. The number of halogens is 1. The van der Waals surface area contributed by atoms with Gasteiger partial charge in [0.15, 0.2) is 0 Å². The van der Waals surface area contributed by atoms with Gasteiger partial charge in [0.1, 0.15) is 12.4 Å². The Hall–Kier alpha value is -3.97. The highest BCUT2D eigenvalue weighted by atomic mass is 32.2. The van der Waals surface area contributed by atoms with Gasteiger partial charge in [-0.15, -0.1) is 0 Å². The van der Waals surface area contributed by atoms with Crippen LogP contribution in [0.25, 0.3) is 0 Å². The fraction of sp³-hybridized carbons (Fsp3) is 0.138. The fourth-order valence-corrected chi connectivity index (χ4v) is 5.41. The van der Waals surface area contributed by atoms with Gasteiger partial charge >= 0.3 is 0 Å². The van der Waals surface area contributed by atoms with E-state index in [1.807, 2.05) is 68.4 Å². The Morgan fingerprint density at radius 3 is 2.08 bits per heavy atom. The third-order valence-corrected chi connectivity index (χ3v) is 7.74. The van der Waals surface area contributed by atoms with Gasteiger partial charge in [0.05, 0.1) is 16.6 Å². The van der Waals surface area contributed by atoms with Crippen molar-refractivity contribution >= 4 is 21.6 Å². The maximum atomic E-state index is 13.6. The van der Waals surface area contributed by atoms with Crippen molar-refractivity contribution in [2.45, 2.75) is 24.8 Å². The van der Waals surface area contributed by atoms with E-state index in [9.17, 15) is 17.6 Å². The normalized spacial score (nSPS) is 12.1. The topological polar surface area (TPSA) is 66.5 Å². The molecule has 0 aliphatic rings. The molecule has 1 N–H and O–H groups in total. The summed E-state index contributed by atoms with van der Waals surface area (Å²) in [5.41, 5.74) is 4.09. The maximum absolute atomic E-state index is 13.6. The standard InChI is InChI=1S/C29H27FN2O3S/c1-21-12-16-25(17-13-21)32(36(34,35)26-18-14-24(30)15-19-26)20-28(33)31-29(23-9-4-3-5-10-23)27-11-7-6-8-22(27)2/h3-19,29H,20H2,1-2H3,(H,31,33)/t29-/m0/s1. The molecule has 36 heavy (non-hydrogen) atoms. The Morgan fingerprint density at radius 1 is 0.833 bits per heavy atom. The summed E-state index contributed by atoms with van der Waals surface area (Å²) in [7, 11) is -4.15. The van der Waals surface area contributed by atoms with Gasteiger partial charge < -0.3 is 5.32 Å². The predicted molar refractivity (Wildman–Crippen MR) is 140 cm³/mol. The third kappa shape index (κ3) is 5.63. The summed E-state index contributed by atoms with van der Waals surface area (Å²) in [5, 5.41) is 3.03. The molecular formula is C29H27FN2O3S. The summed E-state index contributed by atoms with van der Waals surface area (Å²) in [4.78, 5) is 13.3. The molecule has 0 saturated carbocycles. The van der Waals surface area contributed by atoms with Crippen LogP contribution in [-0.2, 0) is 14.8 Å². The Kier molecular flexibility index (Phi) is 7.50. The molecule has 4 aromatic carbocycles. The monoisotopic (exact) mass is 502 g/mol. The first-order chi connectivity index (χ1) is 17.3. The van der Waals surface area contributed by atoms with Crippen LogP contribution in [0.1, 0.15) is 28.3 Å². The van der Waals surface area contributed by atoms with Crippen molar-refractivity contribution in [3.63, 3.8) is 0 Å². The summed E-state index contributed by atoms with van der Waals surface area (Å²) in [6, 6.07) is 28.2. The third-order valence-electron chi connectivity index (χ3n) is 5.95. The molecule has 0 aliphatic carbocycles. The molecule has 5 nitrogen and oxygen atoms in total. The van der Waals surface area contributed by atoms with E-state index >= 15 is 0 Å². The number of rotatable bonds is 8. The first kappa shape index (κ1) is 25.1. The van der Waals surface area contributed by atoms with Gasteiger partial charge in [0.2, 0.25) is 5.91 Å². The second kappa shape index (κ2) is 10.7. The number of nitrogens with zero attached hydrogens (tertiary/aromatic N) is 1. The number of hydrogen-bond donors (Lipinski definition) is 1. The van der Waals surface area contributed by atoms with Crippen LogP contribution in [-0.4, -0.2) is 20.9 Å². The fourth-order valence-electron chi connectivity index (χ4n) is 3.99. The van der Waals surface area contributed by atoms with E-state index in [4.69, 9.17) is 0 Å². The van der Waals surface area contributed by atoms with Crippen molar-refractivity contribution in [1.29, 1.82) is 0 Å². The molecule has 1 amide bonds. The molecular weight excluding hydrogens is 475 g/mol. The Labute approximate surface area is 211 Å². The lowest BCUT2D eigenvalue weighted by atomic mass is 9.95. The Morgan fingerprint density at radius 2 is 1.44 bits per heavy atom. The highest BCUT2D eigenvalue weighted by molar-refractivity contribution is 7.92. The minimum Gasteiger partial charge on any atom is -0.344 e. The maximum Gasteiger partial charge on any atom is 0.264 e. The minimum absolute atomic E-state index is 0.101. The van der Waals surface area contributed by atoms with Gasteiger partial charge in [-0.3, -0.25) is 9.10 Å². The molecule has 4 aromatic rings. The number of nitrogens with one attached hydrogen (secondary N) is 1. The predicted octanol–water partition coefficient (Wildman–Crippen LogP) is 5.54. The van der Waals surface area contributed by atoms with Crippen molar-refractivity contribution in [3.05, 3.63) is 131 Å². The zero-order valence-corrected chi connectivity index (χ0v) is 20.9. The smallest absolute Gasteiger partial charge is 0.264 e. The summed E-state index contributed by atoms with van der Waals surface area (Å²) >= 11 is 0. The van der Waals surface area contributed by atoms with Crippen LogP contribution in [0.2, 0.25) is 0 Å². The number of sulfonamides is 1. The van der Waals surface area contributed by atoms with Gasteiger partial charge in [0.25, 0.3) is 10.0 Å². The van der Waals surface area contributed by atoms with Gasteiger partial charge in [0, 0.05) is 0 Å². The van der Waals surface area contributed by atoms with Crippen molar-refractivity contribution in [2.24, 2.45) is 0 Å². The number of carbonyl (C=O) groups is 1. The average molecular weight is 503 g/mol. The van der Waals surface area contributed by atoms with Gasteiger partial charge in [-0.05, 0) is 66.9 Å². The zero-order valence-electron chi connectivity index (χ0n) is 20.1. The lowest BCUT2D eigenvalue weighted by molar-refractivity contribution is -0.120. The number of aryl methyl sites for hydroxylation is 2. The second-order valence-corrected chi connectivity index (χ2v) is 10.4. The molecule has 0 bridgehead atoms. The minimum atomic E-state index is -4.15. The van der Waals surface area contributed by atoms with Crippen molar-refractivity contribution in [1.82, 2.24) is 5.32 Å². The number of anilines is 1. The summed E-state index contributed by atoms with van der Waals surface area (Å²) in [6.07, 6.45) is 0. The molecule has 0 spiro atoms. The van der Waals surface area contributed by atoms with Crippen LogP contribution in [0, 0.1) is 19.7 Å². The van der Waals surface area contributed by atoms with Gasteiger partial charge in [-0.1, -0.05) is 72.3 Å². The van der Waals surface area contributed by atoms with E-state index in [1.165, 1.54) is 12.1 Å². The van der Waals surface area contributed by atoms with Crippen molar-refractivity contribution < 1.29 is 17.6 Å². The van der Waals surface area contributed by atoms with E-state index in [1.54, 1.807) is 24.3 Å². The zero-order chi connectivity index (χ0) is 25.7. The summed E-state index contributed by atoms with van der Waals surface area (Å²) in [6.45, 7) is 3.41. The first-order valence-corrected chi connectivity index (χ1v) is 12.9. The molecule has 0 saturated heterocycles. The lowest BCUT2D eigenvalue weighted by Crippen LogP contribution is -2.42. The lowest BCUT2D eigenvalue weighted by Gasteiger charge is -2.27. The number of benzene rings is 4. The molecule has 1 atom stereocenters. The van der Waals surface area contributed by atoms with Crippen molar-refractivity contribution in [3.8, 4) is 0 Å². The summed E-state index contributed by atoms with van der Waals surface area (Å²) < 4.78 is 41.7. The number of carbonyl (C=O) groups excluding carboxylic acids is 1. The van der Waals surface area contributed by atoms with Gasteiger partial charge in [-0.25, -0.2) is 12.8 Å². The van der Waals surface area contributed by atoms with Crippen LogP contribution >= 0.6 is 0 Å². The van der Waals surface area contributed by atoms with E-state index in [2.05, 4.69) is 5.32 Å². The average Bonchev–Trinajstić information content (AvgIpc) is 2.88. The molecule has 0 unspecified atom stereocenters. The molecule has 0 aromatic heterocycles. The Balaban J connectivity index is 1.69. The Bertz CT molecular complexity index is 1440. The van der Waals surface area contributed by atoms with E-state index in [0.717, 1.165) is 38.7 Å². The molecule has 0 aliphatic heterocycles. The van der Waals surface area contributed by atoms with Crippen LogP contribution in [0.15, 0.2) is 108 Å². The molecule has 0 heterocycles. The first-order valence-electron chi connectivity index (χ1n) is 11.5. The molecule has 0 radical (unpaired) electrons. The number of amides is 1. The van der Waals surface area contributed by atoms with Crippen molar-refractivity contribution in [2.75, 3.05) is 10.8 Å². The molecule has 7 heteroatoms. The molecule has 0 fully saturated rings. The van der Waals surface area contributed by atoms with Gasteiger partial charge in [-0.2, -0.15) is 0 Å². The SMILES string of the molecule is Cc1ccc(N(CC(=O)N[C@@H](c2ccccc2)c2ccccc2C)S(=O)(=O)c2ccc(F)cc2)cc1. The number of hydrogen-bond acceptors (Lipinski definition) is 3. The highest BCUT2D eigenvalue weighted by Crippen LogP contribution is 2.27. The molecule has 184 valence electrons. The van der Waals surface area contributed by atoms with E-state index in [0.29, 0.717) is 5.69 Å². The van der Waals surface area contributed by atoms with Crippen LogP contribution in [0.4, 0.5) is 10.1 Å². The van der Waals surface area contributed by atoms with E-state index in [-0.39, 0.29) is 4.90 Å².